The zero-order valence-corrected chi connectivity index (χ0v) is 18.7. The van der Waals surface area contributed by atoms with Gasteiger partial charge in [-0.1, -0.05) is 24.3 Å². The van der Waals surface area contributed by atoms with E-state index in [2.05, 4.69) is 5.32 Å². The maximum Gasteiger partial charge on any atom is 0.243 e. The lowest BCUT2D eigenvalue weighted by Gasteiger charge is -2.28. The average molecular weight is 439 g/mol. The molecule has 0 bridgehead atoms. The topological polar surface area (TPSA) is 66.5 Å². The van der Waals surface area contributed by atoms with Crippen molar-refractivity contribution >= 4 is 33.4 Å². The highest BCUT2D eigenvalue weighted by molar-refractivity contribution is 7.98. The largest absolute Gasteiger partial charge is 0.353 e. The van der Waals surface area contributed by atoms with Crippen molar-refractivity contribution in [2.24, 2.45) is 0 Å². The van der Waals surface area contributed by atoms with Crippen molar-refractivity contribution in [2.45, 2.75) is 32.6 Å². The Labute approximate surface area is 176 Å². The maximum absolute atomic E-state index is 13.6. The van der Waals surface area contributed by atoms with E-state index in [1.165, 1.54) is 17.8 Å². The summed E-state index contributed by atoms with van der Waals surface area (Å²) in [5.74, 6) is 0.487. The highest BCUT2D eigenvalue weighted by Crippen LogP contribution is 2.23. The van der Waals surface area contributed by atoms with Gasteiger partial charge in [-0.05, 0) is 55.7 Å². The summed E-state index contributed by atoms with van der Waals surface area (Å²) in [6.07, 6.45) is 1.09. The first-order chi connectivity index (χ1) is 13.6. The molecule has 2 aromatic carbocycles. The molecule has 1 amide bonds. The van der Waals surface area contributed by atoms with E-state index >= 15 is 0 Å². The molecule has 158 valence electrons. The Morgan fingerprint density at radius 2 is 1.86 bits per heavy atom. The number of nitrogens with one attached hydrogen (secondary N) is 1. The molecule has 29 heavy (non-hydrogen) atoms. The minimum atomic E-state index is -3.64. The molecule has 0 unspecified atom stereocenters. The van der Waals surface area contributed by atoms with Gasteiger partial charge in [-0.25, -0.2) is 12.8 Å². The molecular weight excluding hydrogens is 411 g/mol. The molecule has 0 saturated heterocycles. The molecule has 5 nitrogen and oxygen atoms in total. The normalized spacial score (nSPS) is 12.4. The SMILES string of the molecule is Cc1ccc(N([C@H](C)C(=O)NCCSCc2ccccc2F)S(C)(=O)=O)cc1C. The minimum Gasteiger partial charge on any atom is -0.353 e. The Morgan fingerprint density at radius 3 is 2.48 bits per heavy atom. The monoisotopic (exact) mass is 438 g/mol. The third-order valence-corrected chi connectivity index (χ3v) is 6.84. The van der Waals surface area contributed by atoms with Crippen LogP contribution in [-0.2, 0) is 20.6 Å². The van der Waals surface area contributed by atoms with Crippen LogP contribution in [-0.4, -0.2) is 38.9 Å². The number of carbonyl (C=O) groups is 1. The van der Waals surface area contributed by atoms with Crippen LogP contribution >= 0.6 is 11.8 Å². The number of aryl methyl sites for hydroxylation is 2. The third-order valence-electron chi connectivity index (χ3n) is 4.59. The molecule has 0 radical (unpaired) electrons. The van der Waals surface area contributed by atoms with Crippen LogP contribution in [0.4, 0.5) is 10.1 Å². The van der Waals surface area contributed by atoms with Crippen LogP contribution in [0.1, 0.15) is 23.6 Å². The number of benzene rings is 2. The van der Waals surface area contributed by atoms with Crippen molar-refractivity contribution < 1.29 is 17.6 Å². The fourth-order valence-corrected chi connectivity index (χ4v) is 4.87. The second kappa shape index (κ2) is 10.1. The van der Waals surface area contributed by atoms with Crippen molar-refractivity contribution in [1.82, 2.24) is 5.32 Å². The molecule has 0 fully saturated rings. The van der Waals surface area contributed by atoms with Gasteiger partial charge < -0.3 is 5.32 Å². The zero-order chi connectivity index (χ0) is 21.6. The van der Waals surface area contributed by atoms with E-state index in [0.29, 0.717) is 29.3 Å². The van der Waals surface area contributed by atoms with E-state index in [-0.39, 0.29) is 11.7 Å². The van der Waals surface area contributed by atoms with Crippen molar-refractivity contribution in [1.29, 1.82) is 0 Å². The predicted octanol–water partition coefficient (Wildman–Crippen LogP) is 3.65. The van der Waals surface area contributed by atoms with Crippen molar-refractivity contribution in [2.75, 3.05) is 22.9 Å². The lowest BCUT2D eigenvalue weighted by atomic mass is 10.1. The van der Waals surface area contributed by atoms with Gasteiger partial charge in [0, 0.05) is 18.1 Å². The summed E-state index contributed by atoms with van der Waals surface area (Å²) in [7, 11) is -3.64. The lowest BCUT2D eigenvalue weighted by Crippen LogP contribution is -2.48. The lowest BCUT2D eigenvalue weighted by molar-refractivity contribution is -0.121. The molecule has 0 aliphatic heterocycles. The molecule has 2 rings (SSSR count). The Balaban J connectivity index is 1.95. The van der Waals surface area contributed by atoms with E-state index in [4.69, 9.17) is 0 Å². The van der Waals surface area contributed by atoms with Crippen LogP contribution in [0.15, 0.2) is 42.5 Å². The Bertz CT molecular complexity index is 964. The van der Waals surface area contributed by atoms with Gasteiger partial charge in [0.1, 0.15) is 11.9 Å². The first kappa shape index (κ1) is 23.2. The van der Waals surface area contributed by atoms with Gasteiger partial charge in [0.25, 0.3) is 0 Å². The molecule has 1 atom stereocenters. The quantitative estimate of drug-likeness (QED) is 0.607. The molecular formula is C21H27FN2O3S2. The number of hydrogen-bond acceptors (Lipinski definition) is 4. The van der Waals surface area contributed by atoms with Gasteiger partial charge in [-0.3, -0.25) is 9.10 Å². The number of amides is 1. The zero-order valence-electron chi connectivity index (χ0n) is 17.1. The molecule has 2 aromatic rings. The minimum absolute atomic E-state index is 0.241. The van der Waals surface area contributed by atoms with Crippen LogP contribution in [0.25, 0.3) is 0 Å². The number of halogens is 1. The van der Waals surface area contributed by atoms with Crippen molar-refractivity contribution in [3.05, 3.63) is 65.0 Å². The van der Waals surface area contributed by atoms with E-state index in [1.54, 1.807) is 37.3 Å². The molecule has 0 aliphatic carbocycles. The van der Waals surface area contributed by atoms with Crippen LogP contribution in [0.2, 0.25) is 0 Å². The van der Waals surface area contributed by atoms with E-state index in [0.717, 1.165) is 21.7 Å². The Morgan fingerprint density at radius 1 is 1.17 bits per heavy atom. The number of thioether (sulfide) groups is 1. The number of sulfonamides is 1. The summed E-state index contributed by atoms with van der Waals surface area (Å²) in [5.41, 5.74) is 3.09. The second-order valence-corrected chi connectivity index (χ2v) is 9.90. The second-order valence-electron chi connectivity index (χ2n) is 6.94. The van der Waals surface area contributed by atoms with Crippen LogP contribution in [0, 0.1) is 19.7 Å². The first-order valence-corrected chi connectivity index (χ1v) is 12.3. The van der Waals surface area contributed by atoms with Crippen LogP contribution in [0.3, 0.4) is 0 Å². The smallest absolute Gasteiger partial charge is 0.243 e. The molecule has 8 heteroatoms. The summed E-state index contributed by atoms with van der Waals surface area (Å²) >= 11 is 1.50. The van der Waals surface area contributed by atoms with E-state index in [1.807, 2.05) is 19.9 Å². The third kappa shape index (κ3) is 6.47. The molecule has 0 aliphatic rings. The summed E-state index contributed by atoms with van der Waals surface area (Å²) in [6.45, 7) is 5.78. The summed E-state index contributed by atoms with van der Waals surface area (Å²) < 4.78 is 39.4. The van der Waals surface area contributed by atoms with Gasteiger partial charge in [-0.2, -0.15) is 11.8 Å². The summed E-state index contributed by atoms with van der Waals surface area (Å²) in [4.78, 5) is 12.6. The van der Waals surface area contributed by atoms with Gasteiger partial charge >= 0.3 is 0 Å². The number of hydrogen-bond donors (Lipinski definition) is 1. The standard InChI is InChI=1S/C21H27FN2O3S2/c1-15-9-10-19(13-16(15)2)24(29(4,26)27)17(3)21(25)23-11-12-28-14-18-7-5-6-8-20(18)22/h5-10,13,17H,11-12,14H2,1-4H3,(H,23,25)/t17-/m1/s1. The van der Waals surface area contributed by atoms with Gasteiger partial charge in [-0.15, -0.1) is 0 Å². The first-order valence-electron chi connectivity index (χ1n) is 9.26. The maximum atomic E-state index is 13.6. The number of nitrogens with zero attached hydrogens (tertiary/aromatic N) is 1. The summed E-state index contributed by atoms with van der Waals surface area (Å²) in [5, 5.41) is 2.77. The van der Waals surface area contributed by atoms with Gasteiger partial charge in [0.2, 0.25) is 15.9 Å². The van der Waals surface area contributed by atoms with Crippen molar-refractivity contribution in [3.8, 4) is 0 Å². The molecule has 0 spiro atoms. The van der Waals surface area contributed by atoms with Crippen molar-refractivity contribution in [3.63, 3.8) is 0 Å². The Hall–Kier alpha value is -2.06. The average Bonchev–Trinajstić information content (AvgIpc) is 2.64. The van der Waals surface area contributed by atoms with Gasteiger partial charge in [0.05, 0.1) is 11.9 Å². The van der Waals surface area contributed by atoms with E-state index < -0.39 is 16.1 Å². The predicted molar refractivity (Wildman–Crippen MR) is 118 cm³/mol. The number of anilines is 1. The fraction of sp³-hybridized carbons (Fsp3) is 0.381. The molecule has 0 saturated carbocycles. The van der Waals surface area contributed by atoms with Crippen LogP contribution < -0.4 is 9.62 Å². The fourth-order valence-electron chi connectivity index (χ4n) is 2.86. The number of rotatable bonds is 9. The number of carbonyl (C=O) groups excluding carboxylic acids is 1. The Kier molecular flexibility index (Phi) is 8.10. The highest BCUT2D eigenvalue weighted by Gasteiger charge is 2.29. The molecule has 1 N–H and O–H groups in total. The molecule has 0 aromatic heterocycles. The van der Waals surface area contributed by atoms with Crippen LogP contribution in [0.5, 0.6) is 0 Å². The summed E-state index contributed by atoms with van der Waals surface area (Å²) in [6, 6.07) is 11.0. The highest BCUT2D eigenvalue weighted by atomic mass is 32.2. The molecule has 0 heterocycles. The van der Waals surface area contributed by atoms with Gasteiger partial charge in [0.15, 0.2) is 0 Å². The van der Waals surface area contributed by atoms with E-state index in [9.17, 15) is 17.6 Å².